The van der Waals surface area contributed by atoms with E-state index in [1.807, 2.05) is 43.7 Å². The first-order chi connectivity index (χ1) is 8.81. The topological polar surface area (TPSA) is 42.7 Å². The Labute approximate surface area is 105 Å². The van der Waals surface area contributed by atoms with Crippen molar-refractivity contribution < 1.29 is 0 Å². The molecule has 0 unspecified atom stereocenters. The highest BCUT2D eigenvalue weighted by Gasteiger charge is 1.99. The average molecular weight is 238 g/mol. The number of fused-ring (bicyclic) bond motifs is 1. The maximum absolute atomic E-state index is 4.56. The first-order valence-electron chi connectivity index (χ1n) is 5.88. The quantitative estimate of drug-likeness (QED) is 0.762. The largest absolute Gasteiger partial charge is 0.366 e. The number of pyridine rings is 1. The first-order valence-corrected chi connectivity index (χ1v) is 5.88. The van der Waals surface area contributed by atoms with Gasteiger partial charge in [0.1, 0.15) is 5.82 Å². The molecule has 4 nitrogen and oxygen atoms in total. The summed E-state index contributed by atoms with van der Waals surface area (Å²) in [4.78, 5) is 4.56. The van der Waals surface area contributed by atoms with Crippen molar-refractivity contribution in [3.8, 4) is 0 Å². The van der Waals surface area contributed by atoms with Gasteiger partial charge in [0.15, 0.2) is 0 Å². The third kappa shape index (κ3) is 2.18. The number of benzene rings is 1. The first kappa shape index (κ1) is 10.8. The molecule has 0 saturated carbocycles. The van der Waals surface area contributed by atoms with E-state index in [4.69, 9.17) is 0 Å². The molecule has 3 rings (SSSR count). The zero-order valence-corrected chi connectivity index (χ0v) is 10.2. The molecule has 2 aromatic heterocycles. The van der Waals surface area contributed by atoms with Gasteiger partial charge in [0.2, 0.25) is 0 Å². The molecule has 0 fully saturated rings. The predicted octanol–water partition coefficient (Wildman–Crippen LogP) is 2.58. The fourth-order valence-corrected chi connectivity index (χ4v) is 1.92. The van der Waals surface area contributed by atoms with Crippen molar-refractivity contribution in [1.29, 1.82) is 0 Å². The van der Waals surface area contributed by atoms with Crippen LogP contribution < -0.4 is 5.32 Å². The van der Waals surface area contributed by atoms with Crippen molar-refractivity contribution in [3.63, 3.8) is 0 Å². The minimum atomic E-state index is 0.735. The second-order valence-corrected chi connectivity index (χ2v) is 4.26. The van der Waals surface area contributed by atoms with E-state index in [1.54, 1.807) is 4.68 Å². The van der Waals surface area contributed by atoms with Gasteiger partial charge in [0, 0.05) is 30.7 Å². The molecule has 0 atom stereocenters. The van der Waals surface area contributed by atoms with E-state index in [1.165, 1.54) is 0 Å². The summed E-state index contributed by atoms with van der Waals surface area (Å²) in [5.41, 5.74) is 2.15. The molecular weight excluding hydrogens is 224 g/mol. The van der Waals surface area contributed by atoms with E-state index in [-0.39, 0.29) is 0 Å². The van der Waals surface area contributed by atoms with E-state index >= 15 is 0 Å². The van der Waals surface area contributed by atoms with Crippen LogP contribution in [-0.2, 0) is 13.6 Å². The highest BCUT2D eigenvalue weighted by molar-refractivity contribution is 5.79. The van der Waals surface area contributed by atoms with Crippen LogP contribution in [0.1, 0.15) is 5.56 Å². The smallest absolute Gasteiger partial charge is 0.126 e. The summed E-state index contributed by atoms with van der Waals surface area (Å²) in [5.74, 6) is 0.887. The number of anilines is 1. The van der Waals surface area contributed by atoms with Crippen molar-refractivity contribution in [2.45, 2.75) is 6.54 Å². The molecule has 90 valence electrons. The van der Waals surface area contributed by atoms with Crippen LogP contribution in [0.4, 0.5) is 5.82 Å². The van der Waals surface area contributed by atoms with Gasteiger partial charge in [-0.2, -0.15) is 5.10 Å². The van der Waals surface area contributed by atoms with Crippen LogP contribution in [0.5, 0.6) is 0 Å². The monoisotopic (exact) mass is 238 g/mol. The van der Waals surface area contributed by atoms with Gasteiger partial charge < -0.3 is 5.32 Å². The second kappa shape index (κ2) is 4.49. The van der Waals surface area contributed by atoms with Crippen molar-refractivity contribution in [2.24, 2.45) is 7.05 Å². The van der Waals surface area contributed by atoms with Crippen LogP contribution in [0, 0.1) is 0 Å². The fourth-order valence-electron chi connectivity index (χ4n) is 1.92. The summed E-state index contributed by atoms with van der Waals surface area (Å²) in [5, 5.41) is 8.59. The lowest BCUT2D eigenvalue weighted by Crippen LogP contribution is -2.00. The number of nitrogens with zero attached hydrogens (tertiary/aromatic N) is 3. The van der Waals surface area contributed by atoms with Gasteiger partial charge in [-0.25, -0.2) is 4.98 Å². The van der Waals surface area contributed by atoms with Crippen LogP contribution >= 0.6 is 0 Å². The molecule has 0 aliphatic rings. The van der Waals surface area contributed by atoms with Gasteiger partial charge in [-0.15, -0.1) is 0 Å². The van der Waals surface area contributed by atoms with Crippen LogP contribution in [0.15, 0.2) is 48.8 Å². The third-order valence-corrected chi connectivity index (χ3v) is 2.83. The molecule has 3 aromatic rings. The standard InChI is InChI=1S/C14H14N4/c1-18-10-11(9-16-18)8-15-14-7-6-12-4-2-3-5-13(12)17-14/h2-7,9-10H,8H2,1H3,(H,15,17). The zero-order chi connectivity index (χ0) is 12.4. The van der Waals surface area contributed by atoms with Gasteiger partial charge in [-0.1, -0.05) is 18.2 Å². The number of aromatic nitrogens is 3. The number of para-hydroxylation sites is 1. The number of aryl methyl sites for hydroxylation is 1. The maximum Gasteiger partial charge on any atom is 0.126 e. The van der Waals surface area contributed by atoms with Crippen molar-refractivity contribution >= 4 is 16.7 Å². The van der Waals surface area contributed by atoms with Gasteiger partial charge in [-0.3, -0.25) is 4.68 Å². The fraction of sp³-hybridized carbons (Fsp3) is 0.143. The molecule has 1 N–H and O–H groups in total. The van der Waals surface area contributed by atoms with Crippen molar-refractivity contribution in [3.05, 3.63) is 54.4 Å². The van der Waals surface area contributed by atoms with Crippen LogP contribution in [0.25, 0.3) is 10.9 Å². The Morgan fingerprint density at radius 1 is 1.17 bits per heavy atom. The molecular formula is C14H14N4. The third-order valence-electron chi connectivity index (χ3n) is 2.83. The van der Waals surface area contributed by atoms with E-state index < -0.39 is 0 Å². The highest BCUT2D eigenvalue weighted by Crippen LogP contribution is 2.15. The Bertz CT molecular complexity index is 672. The van der Waals surface area contributed by atoms with E-state index in [0.717, 1.165) is 28.8 Å². The lowest BCUT2D eigenvalue weighted by atomic mass is 10.2. The Balaban J connectivity index is 1.78. The molecule has 0 bridgehead atoms. The molecule has 0 aliphatic carbocycles. The van der Waals surface area contributed by atoms with Gasteiger partial charge in [0.25, 0.3) is 0 Å². The minimum Gasteiger partial charge on any atom is -0.366 e. The normalized spacial score (nSPS) is 10.7. The molecule has 18 heavy (non-hydrogen) atoms. The Kier molecular flexibility index (Phi) is 2.68. The SMILES string of the molecule is Cn1cc(CNc2ccc3ccccc3n2)cn1. The maximum atomic E-state index is 4.56. The van der Waals surface area contributed by atoms with E-state index in [2.05, 4.69) is 27.5 Å². The number of hydrogen-bond donors (Lipinski definition) is 1. The minimum absolute atomic E-state index is 0.735. The average Bonchev–Trinajstić information content (AvgIpc) is 2.82. The molecule has 0 saturated heterocycles. The summed E-state index contributed by atoms with van der Waals surface area (Å²) in [7, 11) is 1.91. The summed E-state index contributed by atoms with van der Waals surface area (Å²) in [6.45, 7) is 0.735. The van der Waals surface area contributed by atoms with Gasteiger partial charge in [-0.05, 0) is 18.2 Å². The lowest BCUT2D eigenvalue weighted by molar-refractivity contribution is 0.767. The summed E-state index contributed by atoms with van der Waals surface area (Å²) in [6.07, 6.45) is 3.85. The van der Waals surface area contributed by atoms with Crippen LogP contribution in [-0.4, -0.2) is 14.8 Å². The Morgan fingerprint density at radius 2 is 2.06 bits per heavy atom. The number of hydrogen-bond acceptors (Lipinski definition) is 3. The molecule has 0 spiro atoms. The van der Waals surface area contributed by atoms with E-state index in [0.29, 0.717) is 0 Å². The molecule has 4 heteroatoms. The van der Waals surface area contributed by atoms with Crippen molar-refractivity contribution in [2.75, 3.05) is 5.32 Å². The molecule has 2 heterocycles. The lowest BCUT2D eigenvalue weighted by Gasteiger charge is -2.05. The molecule has 0 amide bonds. The summed E-state index contributed by atoms with van der Waals surface area (Å²) < 4.78 is 1.80. The van der Waals surface area contributed by atoms with Crippen LogP contribution in [0.3, 0.4) is 0 Å². The molecule has 1 aromatic carbocycles. The van der Waals surface area contributed by atoms with E-state index in [9.17, 15) is 0 Å². The summed E-state index contributed by atoms with van der Waals surface area (Å²) in [6, 6.07) is 12.2. The Morgan fingerprint density at radius 3 is 2.89 bits per heavy atom. The predicted molar refractivity (Wildman–Crippen MR) is 72.3 cm³/mol. The summed E-state index contributed by atoms with van der Waals surface area (Å²) >= 11 is 0. The van der Waals surface area contributed by atoms with Gasteiger partial charge in [0.05, 0.1) is 11.7 Å². The number of rotatable bonds is 3. The molecule has 0 aliphatic heterocycles. The van der Waals surface area contributed by atoms with Gasteiger partial charge >= 0.3 is 0 Å². The van der Waals surface area contributed by atoms with Crippen molar-refractivity contribution in [1.82, 2.24) is 14.8 Å². The number of nitrogens with one attached hydrogen (secondary N) is 1. The zero-order valence-electron chi connectivity index (χ0n) is 10.2. The molecule has 0 radical (unpaired) electrons. The Hall–Kier alpha value is -2.36. The second-order valence-electron chi connectivity index (χ2n) is 4.26. The van der Waals surface area contributed by atoms with Crippen LogP contribution in [0.2, 0.25) is 0 Å². The highest BCUT2D eigenvalue weighted by atomic mass is 15.2.